The third-order valence-corrected chi connectivity index (χ3v) is 4.24. The van der Waals surface area contributed by atoms with Gasteiger partial charge in [0.1, 0.15) is 0 Å². The van der Waals surface area contributed by atoms with Crippen molar-refractivity contribution in [2.45, 2.75) is 51.4 Å². The molecule has 0 aromatic carbocycles. The zero-order valence-corrected chi connectivity index (χ0v) is 13.1. The van der Waals surface area contributed by atoms with Gasteiger partial charge in [-0.1, -0.05) is 20.8 Å². The van der Waals surface area contributed by atoms with E-state index in [9.17, 15) is 4.79 Å². The molecule has 0 aliphatic carbocycles. The molecule has 0 radical (unpaired) electrons. The lowest BCUT2D eigenvalue weighted by molar-refractivity contribution is -0.131. The maximum absolute atomic E-state index is 12.1. The van der Waals surface area contributed by atoms with Crippen LogP contribution in [-0.4, -0.2) is 46.5 Å². The Morgan fingerprint density at radius 3 is 2.53 bits per heavy atom. The average Bonchev–Trinajstić information content (AvgIpc) is 2.17. The lowest BCUT2D eigenvalue weighted by Crippen LogP contribution is -2.57. The topological polar surface area (TPSA) is 32.3 Å². The molecule has 3 nitrogen and oxygen atoms in total. The van der Waals surface area contributed by atoms with Gasteiger partial charge in [0.25, 0.3) is 0 Å². The highest BCUT2D eigenvalue weighted by Gasteiger charge is 2.28. The van der Waals surface area contributed by atoms with Gasteiger partial charge in [-0.25, -0.2) is 0 Å². The summed E-state index contributed by atoms with van der Waals surface area (Å²) in [5.74, 6) is 0.876. The summed E-state index contributed by atoms with van der Waals surface area (Å²) in [4.78, 5) is 14.1. The van der Waals surface area contributed by atoms with E-state index in [1.54, 1.807) is 11.8 Å². The van der Waals surface area contributed by atoms with Crippen molar-refractivity contribution >= 4 is 30.1 Å². The van der Waals surface area contributed by atoms with Crippen LogP contribution in [0.1, 0.15) is 34.6 Å². The molecule has 102 valence electrons. The molecular formula is C12H25ClN2OS. The van der Waals surface area contributed by atoms with Crippen LogP contribution in [0.5, 0.6) is 0 Å². The number of halogens is 1. The number of thioether (sulfide) groups is 1. The van der Waals surface area contributed by atoms with Gasteiger partial charge < -0.3 is 10.2 Å². The van der Waals surface area contributed by atoms with Crippen LogP contribution in [-0.2, 0) is 4.79 Å². The number of nitrogens with zero attached hydrogens (tertiary/aromatic N) is 1. The fourth-order valence-electron chi connectivity index (χ4n) is 1.77. The minimum Gasteiger partial charge on any atom is -0.336 e. The van der Waals surface area contributed by atoms with Crippen LogP contribution < -0.4 is 5.32 Å². The van der Waals surface area contributed by atoms with E-state index in [1.165, 1.54) is 0 Å². The van der Waals surface area contributed by atoms with Gasteiger partial charge in [-0.05, 0) is 13.8 Å². The first-order chi connectivity index (χ1) is 7.31. The van der Waals surface area contributed by atoms with E-state index >= 15 is 0 Å². The zero-order chi connectivity index (χ0) is 12.3. The van der Waals surface area contributed by atoms with Gasteiger partial charge in [-0.2, -0.15) is 0 Å². The molecule has 0 aromatic heterocycles. The van der Waals surface area contributed by atoms with Crippen molar-refractivity contribution in [3.05, 3.63) is 0 Å². The van der Waals surface area contributed by atoms with E-state index in [4.69, 9.17) is 0 Å². The minimum absolute atomic E-state index is 0. The number of amides is 1. The van der Waals surface area contributed by atoms with Crippen LogP contribution in [0.3, 0.4) is 0 Å². The fraction of sp³-hybridized carbons (Fsp3) is 0.917. The molecule has 0 spiro atoms. The number of nitrogens with one attached hydrogen (secondary N) is 1. The maximum atomic E-state index is 12.1. The van der Waals surface area contributed by atoms with Crippen molar-refractivity contribution in [1.29, 1.82) is 0 Å². The molecular weight excluding hydrogens is 256 g/mol. The van der Waals surface area contributed by atoms with E-state index in [-0.39, 0.29) is 23.1 Å². The van der Waals surface area contributed by atoms with Gasteiger partial charge in [-0.15, -0.1) is 24.2 Å². The average molecular weight is 281 g/mol. The smallest absolute Gasteiger partial charge is 0.232 e. The minimum atomic E-state index is 0. The van der Waals surface area contributed by atoms with Crippen molar-refractivity contribution in [2.75, 3.05) is 18.8 Å². The fourth-order valence-corrected chi connectivity index (χ4v) is 2.49. The third kappa shape index (κ3) is 5.49. The first-order valence-corrected chi connectivity index (χ1v) is 6.96. The Kier molecular flexibility index (Phi) is 6.89. The lowest BCUT2D eigenvalue weighted by atomic mass is 10.1. The molecule has 0 saturated carbocycles. The molecule has 0 bridgehead atoms. The Morgan fingerprint density at radius 2 is 2.00 bits per heavy atom. The summed E-state index contributed by atoms with van der Waals surface area (Å²) in [5, 5.41) is 3.39. The molecule has 17 heavy (non-hydrogen) atoms. The number of rotatable bonds is 2. The first-order valence-electron chi connectivity index (χ1n) is 5.98. The van der Waals surface area contributed by atoms with E-state index in [2.05, 4.69) is 39.9 Å². The van der Waals surface area contributed by atoms with Crippen molar-refractivity contribution in [3.8, 4) is 0 Å². The normalized spacial score (nSPS) is 25.4. The number of carbonyl (C=O) groups is 1. The van der Waals surface area contributed by atoms with E-state index in [0.29, 0.717) is 17.8 Å². The van der Waals surface area contributed by atoms with Gasteiger partial charge >= 0.3 is 0 Å². The second-order valence-electron chi connectivity index (χ2n) is 5.47. The molecule has 1 fully saturated rings. The summed E-state index contributed by atoms with van der Waals surface area (Å²) >= 11 is 1.73. The predicted octanol–water partition coefficient (Wildman–Crippen LogP) is 2.15. The lowest BCUT2D eigenvalue weighted by Gasteiger charge is -2.39. The summed E-state index contributed by atoms with van der Waals surface area (Å²) < 4.78 is 0.165. The van der Waals surface area contributed by atoms with Crippen LogP contribution >= 0.6 is 24.2 Å². The largest absolute Gasteiger partial charge is 0.336 e. The quantitative estimate of drug-likeness (QED) is 0.841. The third-order valence-electron chi connectivity index (χ3n) is 2.98. The molecule has 1 amide bonds. The van der Waals surface area contributed by atoms with Crippen molar-refractivity contribution in [2.24, 2.45) is 0 Å². The van der Waals surface area contributed by atoms with Gasteiger partial charge in [0.2, 0.25) is 5.91 Å². The molecule has 1 aliphatic heterocycles. The van der Waals surface area contributed by atoms with Gasteiger partial charge in [-0.3, -0.25) is 4.79 Å². The molecule has 1 rings (SSSR count). The molecule has 1 heterocycles. The van der Waals surface area contributed by atoms with Crippen LogP contribution in [0.15, 0.2) is 0 Å². The van der Waals surface area contributed by atoms with Gasteiger partial charge in [0, 0.05) is 29.9 Å². The van der Waals surface area contributed by atoms with Gasteiger partial charge in [0.05, 0.1) is 5.75 Å². The highest BCUT2D eigenvalue weighted by Crippen LogP contribution is 2.24. The highest BCUT2D eigenvalue weighted by molar-refractivity contribution is 8.01. The molecule has 2 unspecified atom stereocenters. The van der Waals surface area contributed by atoms with Crippen molar-refractivity contribution in [3.63, 3.8) is 0 Å². The SMILES string of the molecule is CC1NCCN(C(=O)CSC(C)(C)C)C1C.Cl. The number of piperazine rings is 1. The molecule has 2 atom stereocenters. The second-order valence-corrected chi connectivity index (χ2v) is 7.27. The Hall–Kier alpha value is 0.0700. The monoisotopic (exact) mass is 280 g/mol. The predicted molar refractivity (Wildman–Crippen MR) is 78.1 cm³/mol. The number of hydrogen-bond acceptors (Lipinski definition) is 3. The van der Waals surface area contributed by atoms with E-state index in [1.807, 2.05) is 4.90 Å². The molecule has 1 saturated heterocycles. The van der Waals surface area contributed by atoms with Crippen LogP contribution in [0.2, 0.25) is 0 Å². The van der Waals surface area contributed by atoms with E-state index < -0.39 is 0 Å². The molecule has 0 aromatic rings. The molecule has 1 N–H and O–H groups in total. The highest BCUT2D eigenvalue weighted by atomic mass is 35.5. The Morgan fingerprint density at radius 1 is 1.41 bits per heavy atom. The van der Waals surface area contributed by atoms with Crippen molar-refractivity contribution < 1.29 is 4.79 Å². The number of hydrogen-bond donors (Lipinski definition) is 1. The summed E-state index contributed by atoms with van der Waals surface area (Å²) in [5.41, 5.74) is 0. The summed E-state index contributed by atoms with van der Waals surface area (Å²) in [7, 11) is 0. The van der Waals surface area contributed by atoms with Gasteiger partial charge in [0.15, 0.2) is 0 Å². The summed E-state index contributed by atoms with van der Waals surface area (Å²) in [6, 6.07) is 0.708. The Balaban J connectivity index is 0.00000256. The Bertz CT molecular complexity index is 255. The van der Waals surface area contributed by atoms with Crippen LogP contribution in [0, 0.1) is 0 Å². The zero-order valence-electron chi connectivity index (χ0n) is 11.4. The maximum Gasteiger partial charge on any atom is 0.232 e. The van der Waals surface area contributed by atoms with Crippen molar-refractivity contribution in [1.82, 2.24) is 10.2 Å². The van der Waals surface area contributed by atoms with Crippen LogP contribution in [0.25, 0.3) is 0 Å². The first kappa shape index (κ1) is 17.1. The summed E-state index contributed by atoms with van der Waals surface area (Å²) in [6.45, 7) is 12.5. The summed E-state index contributed by atoms with van der Waals surface area (Å²) in [6.07, 6.45) is 0. The van der Waals surface area contributed by atoms with E-state index in [0.717, 1.165) is 13.1 Å². The Labute approximate surface area is 115 Å². The standard InChI is InChI=1S/C12H24N2OS.ClH/c1-9-10(2)14(7-6-13-9)11(15)8-16-12(3,4)5;/h9-10,13H,6-8H2,1-5H3;1H. The van der Waals surface area contributed by atoms with Crippen LogP contribution in [0.4, 0.5) is 0 Å². The molecule has 1 aliphatic rings. The molecule has 5 heteroatoms. The second kappa shape index (κ2) is 6.86. The number of carbonyl (C=O) groups excluding carboxylic acids is 1.